The molecule has 0 unspecified atom stereocenters. The normalized spacial score (nSPS) is 18.5. The fraction of sp³-hybridized carbons (Fsp3) is 0.263. The molecule has 0 aliphatic carbocycles. The van der Waals surface area contributed by atoms with Crippen LogP contribution >= 0.6 is 27.5 Å². The van der Waals surface area contributed by atoms with Gasteiger partial charge in [-0.2, -0.15) is 0 Å². The molecule has 0 saturated carbocycles. The number of nitrogens with one attached hydrogen (secondary N) is 1. The van der Waals surface area contributed by atoms with Gasteiger partial charge in [0.15, 0.2) is 11.5 Å². The Hall–Kier alpha value is -2.25. The van der Waals surface area contributed by atoms with Crippen molar-refractivity contribution in [2.24, 2.45) is 5.92 Å². The van der Waals surface area contributed by atoms with Crippen molar-refractivity contribution in [3.63, 3.8) is 0 Å². The van der Waals surface area contributed by atoms with E-state index in [1.165, 1.54) is 0 Å². The van der Waals surface area contributed by atoms with Gasteiger partial charge in [-0.15, -0.1) is 0 Å². The second kappa shape index (κ2) is 7.40. The van der Waals surface area contributed by atoms with Crippen molar-refractivity contribution in [3.05, 3.63) is 45.9 Å². The monoisotopic (exact) mass is 450 g/mol. The van der Waals surface area contributed by atoms with Gasteiger partial charge in [-0.1, -0.05) is 27.5 Å². The molecule has 2 amide bonds. The molecule has 8 heteroatoms. The highest BCUT2D eigenvalue weighted by Gasteiger charge is 2.35. The van der Waals surface area contributed by atoms with Crippen molar-refractivity contribution < 1.29 is 19.1 Å². The Kier molecular flexibility index (Phi) is 4.97. The minimum atomic E-state index is -0.453. The van der Waals surface area contributed by atoms with E-state index in [0.29, 0.717) is 47.7 Å². The lowest BCUT2D eigenvalue weighted by Gasteiger charge is -2.22. The summed E-state index contributed by atoms with van der Waals surface area (Å²) >= 11 is 9.48. The predicted molar refractivity (Wildman–Crippen MR) is 106 cm³/mol. The van der Waals surface area contributed by atoms with Gasteiger partial charge < -0.3 is 19.7 Å². The van der Waals surface area contributed by atoms with E-state index in [4.69, 9.17) is 21.1 Å². The molecule has 1 fully saturated rings. The Labute approximate surface area is 169 Å². The summed E-state index contributed by atoms with van der Waals surface area (Å²) in [6.07, 6.45) is 0.147. The number of halogens is 2. The highest BCUT2D eigenvalue weighted by atomic mass is 79.9. The van der Waals surface area contributed by atoms with E-state index < -0.39 is 5.92 Å². The number of ether oxygens (including phenoxy) is 2. The number of rotatable bonds is 3. The number of anilines is 2. The van der Waals surface area contributed by atoms with Crippen LogP contribution in [0, 0.1) is 5.92 Å². The smallest absolute Gasteiger partial charge is 0.229 e. The standard InChI is InChI=1S/C19H16BrClN2O4/c20-12-1-3-15(14(21)8-12)22-19(25)11-7-18(24)23(10-11)13-2-4-16-17(9-13)27-6-5-26-16/h1-4,8-9,11H,5-7,10H2,(H,22,25)/t11-/m0/s1. The number of nitrogens with zero attached hydrogens (tertiary/aromatic N) is 1. The van der Waals surface area contributed by atoms with E-state index >= 15 is 0 Å². The van der Waals surface area contributed by atoms with Crippen molar-refractivity contribution in [2.45, 2.75) is 6.42 Å². The summed E-state index contributed by atoms with van der Waals surface area (Å²) in [6, 6.07) is 10.6. The number of benzene rings is 2. The summed E-state index contributed by atoms with van der Waals surface area (Å²) in [7, 11) is 0. The third-order valence-electron chi connectivity index (χ3n) is 4.52. The molecule has 2 aromatic rings. The topological polar surface area (TPSA) is 67.9 Å². The van der Waals surface area contributed by atoms with Crippen LogP contribution in [-0.2, 0) is 9.59 Å². The maximum atomic E-state index is 12.6. The average molecular weight is 452 g/mol. The zero-order valence-corrected chi connectivity index (χ0v) is 16.5. The average Bonchev–Trinajstić information content (AvgIpc) is 3.05. The second-order valence-corrected chi connectivity index (χ2v) is 7.67. The van der Waals surface area contributed by atoms with Crippen LogP contribution in [0.3, 0.4) is 0 Å². The minimum Gasteiger partial charge on any atom is -0.486 e. The van der Waals surface area contributed by atoms with Crippen molar-refractivity contribution in [2.75, 3.05) is 30.0 Å². The number of amides is 2. The van der Waals surface area contributed by atoms with Crippen LogP contribution in [-0.4, -0.2) is 31.6 Å². The van der Waals surface area contributed by atoms with Crippen molar-refractivity contribution in [1.82, 2.24) is 0 Å². The Morgan fingerprint density at radius 2 is 1.93 bits per heavy atom. The number of hydrogen-bond acceptors (Lipinski definition) is 4. The van der Waals surface area contributed by atoms with Crippen LogP contribution in [0.1, 0.15) is 6.42 Å². The van der Waals surface area contributed by atoms with Gasteiger partial charge in [0.25, 0.3) is 0 Å². The van der Waals surface area contributed by atoms with Gasteiger partial charge >= 0.3 is 0 Å². The molecule has 2 heterocycles. The van der Waals surface area contributed by atoms with Crippen LogP contribution in [0.15, 0.2) is 40.9 Å². The summed E-state index contributed by atoms with van der Waals surface area (Å²) in [5, 5.41) is 3.24. The molecule has 1 saturated heterocycles. The first-order chi connectivity index (χ1) is 13.0. The van der Waals surface area contributed by atoms with Gasteiger partial charge in [-0.3, -0.25) is 9.59 Å². The van der Waals surface area contributed by atoms with Gasteiger partial charge in [-0.05, 0) is 30.3 Å². The highest BCUT2D eigenvalue weighted by Crippen LogP contribution is 2.36. The van der Waals surface area contributed by atoms with Gasteiger partial charge in [0, 0.05) is 29.2 Å². The zero-order valence-electron chi connectivity index (χ0n) is 14.2. The summed E-state index contributed by atoms with van der Waals surface area (Å²) in [6.45, 7) is 1.29. The number of carbonyl (C=O) groups excluding carboxylic acids is 2. The van der Waals surface area contributed by atoms with Crippen LogP contribution in [0.4, 0.5) is 11.4 Å². The lowest BCUT2D eigenvalue weighted by molar-refractivity contribution is -0.122. The first-order valence-electron chi connectivity index (χ1n) is 8.47. The molecule has 6 nitrogen and oxygen atoms in total. The fourth-order valence-electron chi connectivity index (χ4n) is 3.16. The summed E-state index contributed by atoms with van der Waals surface area (Å²) in [5.41, 5.74) is 1.22. The van der Waals surface area contributed by atoms with Crippen LogP contribution < -0.4 is 19.7 Å². The molecule has 1 N–H and O–H groups in total. The molecule has 0 bridgehead atoms. The van der Waals surface area contributed by atoms with E-state index in [2.05, 4.69) is 21.2 Å². The fourth-order valence-corrected chi connectivity index (χ4v) is 3.88. The molecule has 0 radical (unpaired) electrons. The Morgan fingerprint density at radius 3 is 2.70 bits per heavy atom. The molecule has 1 atom stereocenters. The first-order valence-corrected chi connectivity index (χ1v) is 9.64. The molecule has 2 aromatic carbocycles. The lowest BCUT2D eigenvalue weighted by Crippen LogP contribution is -2.28. The third kappa shape index (κ3) is 3.75. The zero-order chi connectivity index (χ0) is 19.0. The largest absolute Gasteiger partial charge is 0.486 e. The predicted octanol–water partition coefficient (Wildman–Crippen LogP) is 3.87. The highest BCUT2D eigenvalue weighted by molar-refractivity contribution is 9.10. The van der Waals surface area contributed by atoms with E-state index in [1.54, 1.807) is 41.3 Å². The second-order valence-electron chi connectivity index (χ2n) is 6.35. The molecule has 0 spiro atoms. The van der Waals surface area contributed by atoms with Crippen LogP contribution in [0.5, 0.6) is 11.5 Å². The number of carbonyl (C=O) groups is 2. The van der Waals surface area contributed by atoms with Gasteiger partial charge in [0.2, 0.25) is 11.8 Å². The molecule has 2 aliphatic heterocycles. The summed E-state index contributed by atoms with van der Waals surface area (Å²) in [5.74, 6) is 0.490. The quantitative estimate of drug-likeness (QED) is 0.769. The maximum Gasteiger partial charge on any atom is 0.229 e. The molecule has 2 aliphatic rings. The maximum absolute atomic E-state index is 12.6. The summed E-state index contributed by atoms with van der Waals surface area (Å²) < 4.78 is 11.9. The lowest BCUT2D eigenvalue weighted by atomic mass is 10.1. The van der Waals surface area contributed by atoms with Gasteiger partial charge in [0.05, 0.1) is 16.6 Å². The van der Waals surface area contributed by atoms with Crippen molar-refractivity contribution in [1.29, 1.82) is 0 Å². The molecular weight excluding hydrogens is 436 g/mol. The van der Waals surface area contributed by atoms with Crippen molar-refractivity contribution >= 4 is 50.7 Å². The SMILES string of the molecule is O=C(Nc1ccc(Br)cc1Cl)[C@H]1CC(=O)N(c2ccc3c(c2)OCCO3)C1. The van der Waals surface area contributed by atoms with Crippen LogP contribution in [0.2, 0.25) is 5.02 Å². The first kappa shape index (κ1) is 18.1. The Bertz CT molecular complexity index is 921. The third-order valence-corrected chi connectivity index (χ3v) is 5.33. The van der Waals surface area contributed by atoms with Gasteiger partial charge in [-0.25, -0.2) is 0 Å². The Morgan fingerprint density at radius 1 is 1.15 bits per heavy atom. The minimum absolute atomic E-state index is 0.103. The van der Waals surface area contributed by atoms with E-state index in [-0.39, 0.29) is 18.2 Å². The van der Waals surface area contributed by atoms with E-state index in [9.17, 15) is 9.59 Å². The van der Waals surface area contributed by atoms with Crippen LogP contribution in [0.25, 0.3) is 0 Å². The van der Waals surface area contributed by atoms with E-state index in [0.717, 1.165) is 4.47 Å². The number of fused-ring (bicyclic) bond motifs is 1. The molecule has 4 rings (SSSR count). The van der Waals surface area contributed by atoms with Crippen molar-refractivity contribution in [3.8, 4) is 11.5 Å². The van der Waals surface area contributed by atoms with Gasteiger partial charge in [0.1, 0.15) is 13.2 Å². The summed E-state index contributed by atoms with van der Waals surface area (Å²) in [4.78, 5) is 26.7. The number of hydrogen-bond donors (Lipinski definition) is 1. The molecule has 27 heavy (non-hydrogen) atoms. The van der Waals surface area contributed by atoms with E-state index in [1.807, 2.05) is 0 Å². The molecule has 140 valence electrons. The molecular formula is C19H16BrClN2O4. The molecule has 0 aromatic heterocycles. The Balaban J connectivity index is 1.48.